The fraction of sp³-hybridized carbons (Fsp3) is 0.875. The molecule has 0 aromatic heterocycles. The van der Waals surface area contributed by atoms with E-state index in [1.54, 1.807) is 0 Å². The summed E-state index contributed by atoms with van der Waals surface area (Å²) >= 11 is 0. The average Bonchev–Trinajstić information content (AvgIpc) is 1.96. The van der Waals surface area contributed by atoms with Crippen LogP contribution in [0.2, 0.25) is 0 Å². The van der Waals surface area contributed by atoms with Crippen molar-refractivity contribution in [3.05, 3.63) is 0 Å². The van der Waals surface area contributed by atoms with E-state index in [9.17, 15) is 4.79 Å². The van der Waals surface area contributed by atoms with Crippen LogP contribution in [0.25, 0.3) is 0 Å². The average molecular weight is 174 g/mol. The second kappa shape index (κ2) is 5.97. The summed E-state index contributed by atoms with van der Waals surface area (Å²) in [6.07, 6.45) is 1.56. The molecule has 0 rings (SSSR count). The maximum absolute atomic E-state index is 10.7. The molecular formula is C8H18N2O2. The number of primary amides is 1. The summed E-state index contributed by atoms with van der Waals surface area (Å²) in [5.41, 5.74) is 5.05. The van der Waals surface area contributed by atoms with Crippen LogP contribution in [0.4, 0.5) is 0 Å². The topological polar surface area (TPSA) is 66.6 Å². The molecule has 0 saturated carbocycles. The quantitative estimate of drug-likeness (QED) is 0.566. The van der Waals surface area contributed by atoms with Crippen LogP contribution in [0.15, 0.2) is 0 Å². The van der Waals surface area contributed by atoms with Gasteiger partial charge in [-0.2, -0.15) is 0 Å². The normalized spacial score (nSPS) is 13.3. The summed E-state index contributed by atoms with van der Waals surface area (Å²) in [5, 5.41) is 8.75. The van der Waals surface area contributed by atoms with Crippen LogP contribution in [0, 0.1) is 5.92 Å². The number of aliphatic hydroxyl groups excluding tert-OH is 1. The Morgan fingerprint density at radius 2 is 2.17 bits per heavy atom. The number of aliphatic hydroxyl groups is 1. The van der Waals surface area contributed by atoms with Gasteiger partial charge < -0.3 is 15.7 Å². The van der Waals surface area contributed by atoms with Gasteiger partial charge in [0, 0.05) is 0 Å². The van der Waals surface area contributed by atoms with Crippen LogP contribution < -0.4 is 5.73 Å². The Morgan fingerprint density at radius 1 is 1.58 bits per heavy atom. The summed E-state index contributed by atoms with van der Waals surface area (Å²) in [6, 6.07) is 0. The molecule has 1 atom stereocenters. The lowest BCUT2D eigenvalue weighted by Crippen LogP contribution is -2.27. The second-order valence-corrected chi connectivity index (χ2v) is 3.23. The van der Waals surface area contributed by atoms with E-state index in [4.69, 9.17) is 10.8 Å². The van der Waals surface area contributed by atoms with E-state index in [0.29, 0.717) is 6.42 Å². The van der Waals surface area contributed by atoms with Crippen molar-refractivity contribution >= 4 is 5.91 Å². The zero-order valence-corrected chi connectivity index (χ0v) is 7.79. The van der Waals surface area contributed by atoms with E-state index in [-0.39, 0.29) is 12.5 Å². The molecule has 72 valence electrons. The van der Waals surface area contributed by atoms with Crippen LogP contribution >= 0.6 is 0 Å². The Labute approximate surface area is 73.3 Å². The molecular weight excluding hydrogens is 156 g/mol. The fourth-order valence-corrected chi connectivity index (χ4v) is 0.977. The zero-order valence-electron chi connectivity index (χ0n) is 7.79. The minimum Gasteiger partial charge on any atom is -0.396 e. The lowest BCUT2D eigenvalue weighted by molar-refractivity contribution is -0.123. The van der Waals surface area contributed by atoms with Gasteiger partial charge >= 0.3 is 0 Å². The first-order chi connectivity index (χ1) is 5.57. The van der Waals surface area contributed by atoms with Crippen molar-refractivity contribution in [2.45, 2.75) is 12.8 Å². The Balaban J connectivity index is 3.52. The van der Waals surface area contributed by atoms with E-state index in [2.05, 4.69) is 0 Å². The van der Waals surface area contributed by atoms with Gasteiger partial charge in [0.2, 0.25) is 5.91 Å². The highest BCUT2D eigenvalue weighted by molar-refractivity contribution is 5.76. The van der Waals surface area contributed by atoms with Gasteiger partial charge in [-0.1, -0.05) is 0 Å². The van der Waals surface area contributed by atoms with Gasteiger partial charge in [-0.25, -0.2) is 0 Å². The smallest absolute Gasteiger partial charge is 0.222 e. The summed E-state index contributed by atoms with van der Waals surface area (Å²) in [4.78, 5) is 12.7. The first-order valence-corrected chi connectivity index (χ1v) is 4.12. The number of carbonyl (C=O) groups excluding carboxylic acids is 1. The molecule has 1 amide bonds. The van der Waals surface area contributed by atoms with Gasteiger partial charge in [-0.15, -0.1) is 0 Å². The molecule has 0 bridgehead atoms. The van der Waals surface area contributed by atoms with Crippen LogP contribution in [0.3, 0.4) is 0 Å². The third-order valence-electron chi connectivity index (χ3n) is 1.78. The third kappa shape index (κ3) is 5.09. The van der Waals surface area contributed by atoms with Crippen molar-refractivity contribution in [2.75, 3.05) is 27.2 Å². The summed E-state index contributed by atoms with van der Waals surface area (Å²) in [6.45, 7) is 0.784. The van der Waals surface area contributed by atoms with E-state index >= 15 is 0 Å². The fourth-order valence-electron chi connectivity index (χ4n) is 0.977. The molecule has 0 heterocycles. The Kier molecular flexibility index (Phi) is 5.66. The van der Waals surface area contributed by atoms with Crippen molar-refractivity contribution in [3.8, 4) is 0 Å². The number of carbonyl (C=O) groups is 1. The molecule has 0 aliphatic rings. The predicted molar refractivity (Wildman–Crippen MR) is 47.6 cm³/mol. The molecule has 4 nitrogen and oxygen atoms in total. The summed E-state index contributed by atoms with van der Waals surface area (Å²) in [5.74, 6) is -0.777. The van der Waals surface area contributed by atoms with Crippen LogP contribution in [0.5, 0.6) is 0 Å². The first kappa shape index (κ1) is 11.4. The van der Waals surface area contributed by atoms with Crippen molar-refractivity contribution < 1.29 is 9.90 Å². The van der Waals surface area contributed by atoms with Crippen molar-refractivity contribution in [1.29, 1.82) is 0 Å². The molecule has 0 fully saturated rings. The van der Waals surface area contributed by atoms with E-state index in [0.717, 1.165) is 13.0 Å². The standard InChI is InChI=1S/C8H18N2O2/c1-10(2)5-3-4-7(6-11)8(9)12/h7,11H,3-6H2,1-2H3,(H2,9,12). The van der Waals surface area contributed by atoms with Crippen molar-refractivity contribution in [2.24, 2.45) is 11.7 Å². The molecule has 0 aliphatic carbocycles. The van der Waals surface area contributed by atoms with E-state index in [1.165, 1.54) is 0 Å². The van der Waals surface area contributed by atoms with E-state index in [1.807, 2.05) is 19.0 Å². The van der Waals surface area contributed by atoms with Gasteiger partial charge in [-0.3, -0.25) is 4.79 Å². The second-order valence-electron chi connectivity index (χ2n) is 3.23. The minimum atomic E-state index is -0.406. The molecule has 0 spiro atoms. The third-order valence-corrected chi connectivity index (χ3v) is 1.78. The minimum absolute atomic E-state index is 0.136. The van der Waals surface area contributed by atoms with Crippen LogP contribution in [-0.4, -0.2) is 43.2 Å². The van der Waals surface area contributed by atoms with E-state index < -0.39 is 5.91 Å². The van der Waals surface area contributed by atoms with Gasteiger partial charge in [-0.05, 0) is 33.5 Å². The molecule has 12 heavy (non-hydrogen) atoms. The molecule has 0 saturated heterocycles. The molecule has 0 aliphatic heterocycles. The molecule has 0 aromatic rings. The molecule has 3 N–H and O–H groups in total. The number of amides is 1. The van der Waals surface area contributed by atoms with Gasteiger partial charge in [0.1, 0.15) is 0 Å². The van der Waals surface area contributed by atoms with Crippen LogP contribution in [-0.2, 0) is 4.79 Å². The van der Waals surface area contributed by atoms with Gasteiger partial charge in [0.15, 0.2) is 0 Å². The number of nitrogens with zero attached hydrogens (tertiary/aromatic N) is 1. The number of hydrogen-bond acceptors (Lipinski definition) is 3. The van der Waals surface area contributed by atoms with Gasteiger partial charge in [0.25, 0.3) is 0 Å². The Hall–Kier alpha value is -0.610. The maximum Gasteiger partial charge on any atom is 0.222 e. The largest absolute Gasteiger partial charge is 0.396 e. The zero-order chi connectivity index (χ0) is 9.56. The van der Waals surface area contributed by atoms with Gasteiger partial charge in [0.05, 0.1) is 12.5 Å². The van der Waals surface area contributed by atoms with Crippen LogP contribution in [0.1, 0.15) is 12.8 Å². The molecule has 1 unspecified atom stereocenters. The predicted octanol–water partition coefficient (Wildman–Crippen LogP) is -0.578. The highest BCUT2D eigenvalue weighted by Gasteiger charge is 2.12. The summed E-state index contributed by atoms with van der Waals surface area (Å²) in [7, 11) is 3.94. The van der Waals surface area contributed by atoms with Crippen molar-refractivity contribution in [1.82, 2.24) is 4.90 Å². The lowest BCUT2D eigenvalue weighted by atomic mass is 10.0. The van der Waals surface area contributed by atoms with Crippen molar-refractivity contribution in [3.63, 3.8) is 0 Å². The monoisotopic (exact) mass is 174 g/mol. The highest BCUT2D eigenvalue weighted by atomic mass is 16.3. The SMILES string of the molecule is CN(C)CCCC(CO)C(N)=O. The maximum atomic E-state index is 10.7. The number of hydrogen-bond donors (Lipinski definition) is 2. The summed E-state index contributed by atoms with van der Waals surface area (Å²) < 4.78 is 0. The lowest BCUT2D eigenvalue weighted by Gasteiger charge is -2.12. The Bertz CT molecular complexity index is 137. The molecule has 0 radical (unpaired) electrons. The Morgan fingerprint density at radius 3 is 2.50 bits per heavy atom. The molecule has 4 heteroatoms. The highest BCUT2D eigenvalue weighted by Crippen LogP contribution is 2.04. The number of nitrogens with two attached hydrogens (primary N) is 1. The first-order valence-electron chi connectivity index (χ1n) is 4.12. The number of rotatable bonds is 6. The molecule has 0 aromatic carbocycles.